The minimum absolute atomic E-state index is 0. The first kappa shape index (κ1) is 19.2. The number of nitrogens with zero attached hydrogens (tertiary/aromatic N) is 1. The summed E-state index contributed by atoms with van der Waals surface area (Å²) in [7, 11) is 0. The van der Waals surface area contributed by atoms with Crippen molar-refractivity contribution in [2.24, 2.45) is 0 Å². The van der Waals surface area contributed by atoms with Crippen LogP contribution in [0.3, 0.4) is 0 Å². The summed E-state index contributed by atoms with van der Waals surface area (Å²) in [6.45, 7) is 8.36. The molecule has 4 nitrogen and oxygen atoms in total. The number of amides is 1. The molecule has 1 saturated heterocycles. The van der Waals surface area contributed by atoms with E-state index in [0.717, 1.165) is 43.0 Å². The normalized spacial score (nSPS) is 14.9. The second-order valence-corrected chi connectivity index (χ2v) is 4.89. The molecule has 20 heavy (non-hydrogen) atoms. The number of rotatable bonds is 3. The number of piperazine rings is 1. The molecule has 6 heteroatoms. The van der Waals surface area contributed by atoms with Gasteiger partial charge in [0.1, 0.15) is 0 Å². The van der Waals surface area contributed by atoms with Crippen LogP contribution in [0.4, 0.5) is 5.69 Å². The minimum atomic E-state index is 0. The van der Waals surface area contributed by atoms with E-state index in [2.05, 4.69) is 21.6 Å². The highest BCUT2D eigenvalue weighted by molar-refractivity contribution is 5.93. The Morgan fingerprint density at radius 1 is 1.25 bits per heavy atom. The zero-order valence-corrected chi connectivity index (χ0v) is 13.6. The lowest BCUT2D eigenvalue weighted by atomic mass is 10.1. The molecular formula is C14H23Cl2N3O. The van der Waals surface area contributed by atoms with Gasteiger partial charge in [0.25, 0.3) is 0 Å². The molecule has 1 aliphatic rings. The van der Waals surface area contributed by atoms with Gasteiger partial charge in [-0.15, -0.1) is 24.8 Å². The summed E-state index contributed by atoms with van der Waals surface area (Å²) in [6, 6.07) is 6.11. The zero-order chi connectivity index (χ0) is 13.0. The fraction of sp³-hybridized carbons (Fsp3) is 0.500. The van der Waals surface area contributed by atoms with Crippen LogP contribution < -0.4 is 10.6 Å². The SMILES string of the molecule is Cc1ccc(C)c(NC(=O)CN2CCNCC2)c1.Cl.Cl. The molecule has 0 aromatic heterocycles. The number of hydrogen-bond donors (Lipinski definition) is 2. The standard InChI is InChI=1S/C14H21N3O.2ClH/c1-11-3-4-12(2)13(9-11)16-14(18)10-17-7-5-15-6-8-17;;/h3-4,9,15H,5-8,10H2,1-2H3,(H,16,18);2*1H. The number of nitrogens with one attached hydrogen (secondary N) is 2. The van der Waals surface area contributed by atoms with Gasteiger partial charge < -0.3 is 10.6 Å². The van der Waals surface area contributed by atoms with Crippen LogP contribution in [0.1, 0.15) is 11.1 Å². The van der Waals surface area contributed by atoms with E-state index in [1.54, 1.807) is 0 Å². The van der Waals surface area contributed by atoms with E-state index in [-0.39, 0.29) is 30.7 Å². The Balaban J connectivity index is 0.00000180. The number of benzene rings is 1. The van der Waals surface area contributed by atoms with Crippen LogP contribution in [0.2, 0.25) is 0 Å². The maximum Gasteiger partial charge on any atom is 0.238 e. The first-order valence-corrected chi connectivity index (χ1v) is 6.45. The Labute approximate surface area is 133 Å². The molecule has 0 radical (unpaired) electrons. The van der Waals surface area contributed by atoms with E-state index in [9.17, 15) is 4.79 Å². The molecule has 1 heterocycles. The highest BCUT2D eigenvalue weighted by atomic mass is 35.5. The predicted octanol–water partition coefficient (Wildman–Crippen LogP) is 1.99. The number of aryl methyl sites for hydroxylation is 2. The Hall–Kier alpha value is -0.810. The van der Waals surface area contributed by atoms with Crippen LogP contribution in [0, 0.1) is 13.8 Å². The summed E-state index contributed by atoms with van der Waals surface area (Å²) in [4.78, 5) is 14.1. The third-order valence-corrected chi connectivity index (χ3v) is 3.24. The first-order chi connectivity index (χ1) is 8.65. The Kier molecular flexibility index (Phi) is 8.81. The maximum absolute atomic E-state index is 12.0. The van der Waals surface area contributed by atoms with Gasteiger partial charge in [0, 0.05) is 31.9 Å². The van der Waals surface area contributed by atoms with Crippen molar-refractivity contribution in [2.45, 2.75) is 13.8 Å². The highest BCUT2D eigenvalue weighted by Gasteiger charge is 2.13. The van der Waals surface area contributed by atoms with Crippen LogP contribution >= 0.6 is 24.8 Å². The summed E-state index contributed by atoms with van der Waals surface area (Å²) in [5.74, 6) is 0.0746. The summed E-state index contributed by atoms with van der Waals surface area (Å²) < 4.78 is 0. The molecule has 0 saturated carbocycles. The third-order valence-electron chi connectivity index (χ3n) is 3.24. The lowest BCUT2D eigenvalue weighted by molar-refractivity contribution is -0.117. The Morgan fingerprint density at radius 3 is 2.55 bits per heavy atom. The van der Waals surface area contributed by atoms with Gasteiger partial charge in [-0.1, -0.05) is 12.1 Å². The fourth-order valence-corrected chi connectivity index (χ4v) is 2.13. The van der Waals surface area contributed by atoms with Crippen molar-refractivity contribution < 1.29 is 4.79 Å². The first-order valence-electron chi connectivity index (χ1n) is 6.45. The third kappa shape index (κ3) is 5.67. The highest BCUT2D eigenvalue weighted by Crippen LogP contribution is 2.16. The van der Waals surface area contributed by atoms with Gasteiger partial charge in [-0.2, -0.15) is 0 Å². The lowest BCUT2D eigenvalue weighted by Crippen LogP contribution is -2.46. The van der Waals surface area contributed by atoms with Gasteiger partial charge in [-0.25, -0.2) is 0 Å². The summed E-state index contributed by atoms with van der Waals surface area (Å²) in [5.41, 5.74) is 3.20. The lowest BCUT2D eigenvalue weighted by Gasteiger charge is -2.26. The zero-order valence-electron chi connectivity index (χ0n) is 11.9. The van der Waals surface area contributed by atoms with Crippen molar-refractivity contribution in [3.05, 3.63) is 29.3 Å². The molecular weight excluding hydrogens is 297 g/mol. The molecule has 1 aromatic carbocycles. The van der Waals surface area contributed by atoms with Crippen molar-refractivity contribution in [1.82, 2.24) is 10.2 Å². The molecule has 1 fully saturated rings. The van der Waals surface area contributed by atoms with Crippen molar-refractivity contribution in [1.29, 1.82) is 0 Å². The molecule has 114 valence electrons. The number of halogens is 2. The molecule has 2 rings (SSSR count). The smallest absolute Gasteiger partial charge is 0.238 e. The van der Waals surface area contributed by atoms with Gasteiger partial charge >= 0.3 is 0 Å². The average molecular weight is 320 g/mol. The maximum atomic E-state index is 12.0. The summed E-state index contributed by atoms with van der Waals surface area (Å²) >= 11 is 0. The van der Waals surface area contributed by atoms with Crippen LogP contribution in [-0.4, -0.2) is 43.5 Å². The van der Waals surface area contributed by atoms with Gasteiger partial charge in [0.15, 0.2) is 0 Å². The van der Waals surface area contributed by atoms with E-state index in [1.807, 2.05) is 26.0 Å². The fourth-order valence-electron chi connectivity index (χ4n) is 2.13. The molecule has 0 spiro atoms. The number of carbonyl (C=O) groups is 1. The number of carbonyl (C=O) groups excluding carboxylic acids is 1. The van der Waals surface area contributed by atoms with Gasteiger partial charge in [0.2, 0.25) is 5.91 Å². The van der Waals surface area contributed by atoms with Crippen molar-refractivity contribution in [3.8, 4) is 0 Å². The van der Waals surface area contributed by atoms with Crippen molar-refractivity contribution in [3.63, 3.8) is 0 Å². The quantitative estimate of drug-likeness (QED) is 0.895. The van der Waals surface area contributed by atoms with Crippen LogP contribution in [0.15, 0.2) is 18.2 Å². The number of anilines is 1. The van der Waals surface area contributed by atoms with Gasteiger partial charge in [0.05, 0.1) is 6.54 Å². The molecule has 0 bridgehead atoms. The molecule has 0 unspecified atom stereocenters. The minimum Gasteiger partial charge on any atom is -0.325 e. The number of hydrogen-bond acceptors (Lipinski definition) is 3. The molecule has 1 aliphatic heterocycles. The summed E-state index contributed by atoms with van der Waals surface area (Å²) in [5, 5.41) is 6.28. The van der Waals surface area contributed by atoms with Crippen LogP contribution in [0.25, 0.3) is 0 Å². The van der Waals surface area contributed by atoms with Gasteiger partial charge in [-0.3, -0.25) is 9.69 Å². The van der Waals surface area contributed by atoms with E-state index < -0.39 is 0 Å². The van der Waals surface area contributed by atoms with E-state index >= 15 is 0 Å². The van der Waals surface area contributed by atoms with Crippen molar-refractivity contribution in [2.75, 3.05) is 38.0 Å². The largest absolute Gasteiger partial charge is 0.325 e. The van der Waals surface area contributed by atoms with Gasteiger partial charge in [-0.05, 0) is 31.0 Å². The molecule has 1 aromatic rings. The van der Waals surface area contributed by atoms with E-state index in [4.69, 9.17) is 0 Å². The van der Waals surface area contributed by atoms with Crippen LogP contribution in [0.5, 0.6) is 0 Å². The second-order valence-electron chi connectivity index (χ2n) is 4.89. The predicted molar refractivity (Wildman–Crippen MR) is 88.4 cm³/mol. The summed E-state index contributed by atoms with van der Waals surface area (Å²) in [6.07, 6.45) is 0. The average Bonchev–Trinajstić information content (AvgIpc) is 2.35. The van der Waals surface area contributed by atoms with Crippen LogP contribution in [-0.2, 0) is 4.79 Å². The molecule has 0 aliphatic carbocycles. The Bertz CT molecular complexity index is 434. The molecule has 2 N–H and O–H groups in total. The van der Waals surface area contributed by atoms with Crippen molar-refractivity contribution >= 4 is 36.4 Å². The topological polar surface area (TPSA) is 44.4 Å². The van der Waals surface area contributed by atoms with E-state index in [0.29, 0.717) is 6.54 Å². The second kappa shape index (κ2) is 9.19. The molecule has 0 atom stereocenters. The molecule has 1 amide bonds. The Morgan fingerprint density at radius 2 is 1.90 bits per heavy atom. The van der Waals surface area contributed by atoms with E-state index in [1.165, 1.54) is 0 Å². The monoisotopic (exact) mass is 319 g/mol.